The van der Waals surface area contributed by atoms with Crippen molar-refractivity contribution in [2.45, 2.75) is 30.8 Å². The van der Waals surface area contributed by atoms with Crippen molar-refractivity contribution in [3.63, 3.8) is 0 Å². The molecule has 1 aromatic carbocycles. The highest BCUT2D eigenvalue weighted by atomic mass is 79.9. The lowest BCUT2D eigenvalue weighted by atomic mass is 9.80. The van der Waals surface area contributed by atoms with Crippen molar-refractivity contribution in [2.75, 3.05) is 13.6 Å². The van der Waals surface area contributed by atoms with Gasteiger partial charge in [-0.2, -0.15) is 0 Å². The maximum absolute atomic E-state index is 10.2. The molecule has 1 aromatic rings. The van der Waals surface area contributed by atoms with Gasteiger partial charge in [-0.25, -0.2) is 0 Å². The molecule has 0 heterocycles. The molecule has 2 nitrogen and oxygen atoms in total. The number of rotatable bonds is 3. The van der Waals surface area contributed by atoms with E-state index in [1.807, 2.05) is 7.05 Å². The standard InChI is InChI=1S/C16H21NO.BrH/c1-17-11-15(18)13-7-9-16(10-13)8-6-12-4-2-3-5-14(12)16;/h2-6,8,13,15,17-18H,7,9-11H2,1H3;1H. The fourth-order valence-corrected chi connectivity index (χ4v) is 3.65. The maximum atomic E-state index is 10.2. The van der Waals surface area contributed by atoms with Crippen molar-refractivity contribution in [3.05, 3.63) is 41.5 Å². The second-order valence-corrected chi connectivity index (χ2v) is 5.70. The summed E-state index contributed by atoms with van der Waals surface area (Å²) in [5.41, 5.74) is 3.03. The Morgan fingerprint density at radius 3 is 3.00 bits per heavy atom. The normalized spacial score (nSPS) is 29.3. The van der Waals surface area contributed by atoms with Crippen LogP contribution in [0.2, 0.25) is 0 Å². The number of nitrogens with one attached hydrogen (secondary N) is 1. The van der Waals surface area contributed by atoms with Crippen LogP contribution in [0.5, 0.6) is 0 Å². The summed E-state index contributed by atoms with van der Waals surface area (Å²) in [6.07, 6.45) is 7.79. The molecular formula is C16H22BrNO. The van der Waals surface area contributed by atoms with Gasteiger partial charge in [0.2, 0.25) is 0 Å². The van der Waals surface area contributed by atoms with Crippen molar-refractivity contribution in [1.82, 2.24) is 5.32 Å². The van der Waals surface area contributed by atoms with E-state index in [2.05, 4.69) is 41.7 Å². The molecule has 3 unspecified atom stereocenters. The Labute approximate surface area is 125 Å². The van der Waals surface area contributed by atoms with Crippen LogP contribution in [-0.2, 0) is 5.41 Å². The van der Waals surface area contributed by atoms with Crippen LogP contribution < -0.4 is 5.32 Å². The zero-order chi connectivity index (χ0) is 12.6. The molecule has 1 saturated carbocycles. The minimum absolute atomic E-state index is 0. The second-order valence-electron chi connectivity index (χ2n) is 5.70. The highest BCUT2D eigenvalue weighted by molar-refractivity contribution is 8.93. The molecule has 1 spiro atoms. The Balaban J connectivity index is 0.00000133. The van der Waals surface area contributed by atoms with Gasteiger partial charge in [-0.05, 0) is 43.4 Å². The summed E-state index contributed by atoms with van der Waals surface area (Å²) in [5.74, 6) is 0.424. The van der Waals surface area contributed by atoms with E-state index in [1.54, 1.807) is 0 Å². The first-order valence-electron chi connectivity index (χ1n) is 6.86. The lowest BCUT2D eigenvalue weighted by Gasteiger charge is -2.25. The Kier molecular flexibility index (Phi) is 4.49. The largest absolute Gasteiger partial charge is 0.392 e. The summed E-state index contributed by atoms with van der Waals surface area (Å²) in [6.45, 7) is 0.701. The summed E-state index contributed by atoms with van der Waals surface area (Å²) >= 11 is 0. The van der Waals surface area contributed by atoms with Crippen molar-refractivity contribution in [2.24, 2.45) is 5.92 Å². The molecule has 2 aliphatic rings. The molecule has 0 radical (unpaired) electrons. The number of hydrogen-bond donors (Lipinski definition) is 2. The number of hydrogen-bond acceptors (Lipinski definition) is 2. The maximum Gasteiger partial charge on any atom is 0.0693 e. The molecule has 0 amide bonds. The van der Waals surface area contributed by atoms with Crippen molar-refractivity contribution < 1.29 is 5.11 Å². The first-order valence-corrected chi connectivity index (χ1v) is 6.86. The average molecular weight is 324 g/mol. The Morgan fingerprint density at radius 2 is 2.21 bits per heavy atom. The van der Waals surface area contributed by atoms with Crippen molar-refractivity contribution >= 4 is 23.1 Å². The van der Waals surface area contributed by atoms with Gasteiger partial charge in [0, 0.05) is 12.0 Å². The van der Waals surface area contributed by atoms with Gasteiger partial charge in [0.05, 0.1) is 6.10 Å². The summed E-state index contributed by atoms with van der Waals surface area (Å²) in [7, 11) is 1.90. The van der Waals surface area contributed by atoms with Gasteiger partial charge in [-0.15, -0.1) is 17.0 Å². The summed E-state index contributed by atoms with van der Waals surface area (Å²) in [5, 5.41) is 13.2. The second kappa shape index (κ2) is 5.78. The van der Waals surface area contributed by atoms with Crippen LogP contribution in [0.3, 0.4) is 0 Å². The molecule has 0 bridgehead atoms. The number of likely N-dealkylation sites (N-methyl/N-ethyl adjacent to an activating group) is 1. The monoisotopic (exact) mass is 323 g/mol. The van der Waals surface area contributed by atoms with Crippen LogP contribution in [0.1, 0.15) is 30.4 Å². The fourth-order valence-electron chi connectivity index (χ4n) is 3.65. The van der Waals surface area contributed by atoms with Gasteiger partial charge < -0.3 is 10.4 Å². The van der Waals surface area contributed by atoms with E-state index in [4.69, 9.17) is 0 Å². The van der Waals surface area contributed by atoms with Crippen LogP contribution >= 0.6 is 17.0 Å². The third kappa shape index (κ3) is 2.51. The Morgan fingerprint density at radius 1 is 1.42 bits per heavy atom. The number of halogens is 1. The van der Waals surface area contributed by atoms with Gasteiger partial charge >= 0.3 is 0 Å². The number of aliphatic hydroxyl groups excluding tert-OH is 1. The van der Waals surface area contributed by atoms with E-state index in [9.17, 15) is 5.11 Å². The van der Waals surface area contributed by atoms with E-state index in [1.165, 1.54) is 17.5 Å². The molecule has 2 aliphatic carbocycles. The van der Waals surface area contributed by atoms with Crippen molar-refractivity contribution in [3.8, 4) is 0 Å². The van der Waals surface area contributed by atoms with E-state index >= 15 is 0 Å². The third-order valence-electron chi connectivity index (χ3n) is 4.62. The van der Waals surface area contributed by atoms with E-state index < -0.39 is 0 Å². The SMILES string of the molecule is Br.CNCC(O)C1CCC2(C=Cc3ccccc32)C1. The lowest BCUT2D eigenvalue weighted by molar-refractivity contribution is 0.109. The molecule has 0 saturated heterocycles. The number of aliphatic hydroxyl groups is 1. The predicted molar refractivity (Wildman–Crippen MR) is 84.8 cm³/mol. The first-order chi connectivity index (χ1) is 8.75. The Bertz CT molecular complexity index is 474. The molecule has 3 rings (SSSR count). The van der Waals surface area contributed by atoms with Gasteiger partial charge in [0.25, 0.3) is 0 Å². The molecule has 3 heteroatoms. The summed E-state index contributed by atoms with van der Waals surface area (Å²) < 4.78 is 0. The summed E-state index contributed by atoms with van der Waals surface area (Å²) in [6, 6.07) is 8.68. The fraction of sp³-hybridized carbons (Fsp3) is 0.500. The van der Waals surface area contributed by atoms with Gasteiger partial charge in [-0.1, -0.05) is 36.4 Å². The predicted octanol–water partition coefficient (Wildman–Crippen LogP) is 2.91. The van der Waals surface area contributed by atoms with Gasteiger partial charge in [0.15, 0.2) is 0 Å². The average Bonchev–Trinajstić information content (AvgIpc) is 2.97. The van der Waals surface area contributed by atoms with E-state index in [0.717, 1.165) is 12.8 Å². The third-order valence-corrected chi connectivity index (χ3v) is 4.62. The smallest absolute Gasteiger partial charge is 0.0693 e. The zero-order valence-corrected chi connectivity index (χ0v) is 13.0. The molecule has 2 N–H and O–H groups in total. The van der Waals surface area contributed by atoms with E-state index in [-0.39, 0.29) is 28.5 Å². The molecule has 19 heavy (non-hydrogen) atoms. The topological polar surface area (TPSA) is 32.3 Å². The molecule has 0 aromatic heterocycles. The highest BCUT2D eigenvalue weighted by Crippen LogP contribution is 2.50. The minimum atomic E-state index is -0.212. The summed E-state index contributed by atoms with van der Waals surface area (Å²) in [4.78, 5) is 0. The molecule has 104 valence electrons. The molecule has 0 aliphatic heterocycles. The molecule has 1 fully saturated rings. The highest BCUT2D eigenvalue weighted by Gasteiger charge is 2.43. The van der Waals surface area contributed by atoms with Crippen LogP contribution in [0.25, 0.3) is 6.08 Å². The molecular weight excluding hydrogens is 302 g/mol. The quantitative estimate of drug-likeness (QED) is 0.896. The van der Waals surface area contributed by atoms with Crippen LogP contribution in [0, 0.1) is 5.92 Å². The van der Waals surface area contributed by atoms with Gasteiger partial charge in [-0.3, -0.25) is 0 Å². The number of allylic oxidation sites excluding steroid dienone is 1. The Hall–Kier alpha value is -0.640. The first kappa shape index (κ1) is 14.8. The van der Waals surface area contributed by atoms with Crippen LogP contribution in [0.15, 0.2) is 30.3 Å². The van der Waals surface area contributed by atoms with Crippen molar-refractivity contribution in [1.29, 1.82) is 0 Å². The number of benzene rings is 1. The minimum Gasteiger partial charge on any atom is -0.392 e. The molecule has 3 atom stereocenters. The van der Waals surface area contributed by atoms with Crippen LogP contribution in [0.4, 0.5) is 0 Å². The number of fused-ring (bicyclic) bond motifs is 2. The zero-order valence-electron chi connectivity index (χ0n) is 11.3. The van der Waals surface area contributed by atoms with Gasteiger partial charge in [0.1, 0.15) is 0 Å². The lowest BCUT2D eigenvalue weighted by Crippen LogP contribution is -2.30. The van der Waals surface area contributed by atoms with E-state index in [0.29, 0.717) is 12.5 Å². The van der Waals surface area contributed by atoms with Crippen LogP contribution in [-0.4, -0.2) is 24.8 Å².